The molecule has 1 aliphatic carbocycles. The van der Waals surface area contributed by atoms with Crippen LogP contribution in [-0.2, 0) is 6.54 Å². The maximum atomic E-state index is 10.1. The summed E-state index contributed by atoms with van der Waals surface area (Å²) in [5, 5.41) is 10.1. The zero-order chi connectivity index (χ0) is 9.60. The van der Waals surface area contributed by atoms with Crippen LogP contribution in [0.2, 0.25) is 0 Å². The maximum absolute atomic E-state index is 10.1. The molecular formula is C11H15NO2. The van der Waals surface area contributed by atoms with Gasteiger partial charge in [-0.1, -0.05) is 0 Å². The van der Waals surface area contributed by atoms with Crippen molar-refractivity contribution >= 4 is 0 Å². The Labute approximate surface area is 83.3 Å². The number of likely N-dealkylation sites (tertiary alicyclic amines) is 1. The van der Waals surface area contributed by atoms with E-state index >= 15 is 0 Å². The molecule has 1 saturated carbocycles. The molecule has 0 bridgehead atoms. The molecule has 3 heteroatoms. The number of nitrogens with zero attached hydrogens (tertiary/aromatic N) is 1. The quantitative estimate of drug-likeness (QED) is 0.784. The summed E-state index contributed by atoms with van der Waals surface area (Å²) in [4.78, 5) is 2.23. The number of rotatable bonds is 3. The Morgan fingerprint density at radius 2 is 2.29 bits per heavy atom. The van der Waals surface area contributed by atoms with Crippen LogP contribution in [-0.4, -0.2) is 28.7 Å². The van der Waals surface area contributed by atoms with Gasteiger partial charge in [0.05, 0.1) is 18.4 Å². The van der Waals surface area contributed by atoms with Crippen LogP contribution < -0.4 is 0 Å². The maximum Gasteiger partial charge on any atom is 0.117 e. The van der Waals surface area contributed by atoms with Crippen molar-refractivity contribution in [2.75, 3.05) is 13.1 Å². The lowest BCUT2D eigenvalue weighted by Gasteiger charge is -2.46. The van der Waals surface area contributed by atoms with Gasteiger partial charge in [0.25, 0.3) is 0 Å². The normalized spacial score (nSPS) is 26.1. The molecule has 1 N–H and O–H groups in total. The lowest BCUT2D eigenvalue weighted by atomic mass is 9.89. The molecular weight excluding hydrogens is 178 g/mol. The molecule has 2 heterocycles. The first kappa shape index (κ1) is 8.50. The second-order valence-electron chi connectivity index (χ2n) is 4.60. The molecule has 76 valence electrons. The Hall–Kier alpha value is -0.800. The van der Waals surface area contributed by atoms with Crippen LogP contribution in [0.15, 0.2) is 22.8 Å². The molecule has 0 amide bonds. The fraction of sp³-hybridized carbons (Fsp3) is 0.636. The monoisotopic (exact) mass is 193 g/mol. The molecule has 2 fully saturated rings. The van der Waals surface area contributed by atoms with Crippen molar-refractivity contribution in [3.8, 4) is 0 Å². The minimum atomic E-state index is -0.368. The van der Waals surface area contributed by atoms with Crippen molar-refractivity contribution in [2.24, 2.45) is 5.92 Å². The zero-order valence-electron chi connectivity index (χ0n) is 8.15. The van der Waals surface area contributed by atoms with E-state index in [4.69, 9.17) is 4.42 Å². The highest BCUT2D eigenvalue weighted by Gasteiger charge is 2.51. The van der Waals surface area contributed by atoms with E-state index in [1.54, 1.807) is 6.26 Å². The largest absolute Gasteiger partial charge is 0.468 e. The molecule has 3 nitrogen and oxygen atoms in total. The number of hydrogen-bond donors (Lipinski definition) is 1. The molecule has 0 radical (unpaired) electrons. The zero-order valence-corrected chi connectivity index (χ0v) is 8.15. The predicted molar refractivity (Wildman–Crippen MR) is 51.7 cm³/mol. The van der Waals surface area contributed by atoms with E-state index < -0.39 is 0 Å². The molecule has 1 aliphatic heterocycles. The fourth-order valence-electron chi connectivity index (χ4n) is 2.34. The van der Waals surface area contributed by atoms with Crippen molar-refractivity contribution < 1.29 is 9.52 Å². The second-order valence-corrected chi connectivity index (χ2v) is 4.60. The Morgan fingerprint density at radius 1 is 1.50 bits per heavy atom. The predicted octanol–water partition coefficient (Wildman–Crippen LogP) is 1.24. The summed E-state index contributed by atoms with van der Waals surface area (Å²) in [5.74, 6) is 1.57. The van der Waals surface area contributed by atoms with Gasteiger partial charge in [-0.3, -0.25) is 4.90 Å². The van der Waals surface area contributed by atoms with E-state index in [9.17, 15) is 5.11 Å². The Balaban J connectivity index is 1.54. The summed E-state index contributed by atoms with van der Waals surface area (Å²) in [7, 11) is 0. The average molecular weight is 193 g/mol. The minimum Gasteiger partial charge on any atom is -0.468 e. The van der Waals surface area contributed by atoms with E-state index in [-0.39, 0.29) is 5.60 Å². The van der Waals surface area contributed by atoms with Crippen molar-refractivity contribution in [3.63, 3.8) is 0 Å². The van der Waals surface area contributed by atoms with Crippen molar-refractivity contribution in [1.82, 2.24) is 4.90 Å². The summed E-state index contributed by atoms with van der Waals surface area (Å²) in [5.41, 5.74) is -0.368. The third-order valence-electron chi connectivity index (χ3n) is 3.29. The van der Waals surface area contributed by atoms with Crippen molar-refractivity contribution in [2.45, 2.75) is 25.0 Å². The van der Waals surface area contributed by atoms with Crippen LogP contribution in [0.25, 0.3) is 0 Å². The molecule has 1 aromatic rings. The molecule has 1 aromatic heterocycles. The fourth-order valence-corrected chi connectivity index (χ4v) is 2.34. The van der Waals surface area contributed by atoms with Gasteiger partial charge in [-0.05, 0) is 30.9 Å². The van der Waals surface area contributed by atoms with Crippen LogP contribution in [0.5, 0.6) is 0 Å². The molecule has 0 spiro atoms. The Morgan fingerprint density at radius 3 is 2.86 bits per heavy atom. The summed E-state index contributed by atoms with van der Waals surface area (Å²) in [6, 6.07) is 3.89. The molecule has 3 rings (SSSR count). The van der Waals surface area contributed by atoms with Crippen LogP contribution in [0.3, 0.4) is 0 Å². The molecule has 14 heavy (non-hydrogen) atoms. The van der Waals surface area contributed by atoms with Gasteiger partial charge >= 0.3 is 0 Å². The minimum absolute atomic E-state index is 0.368. The number of furan rings is 1. The SMILES string of the molecule is OC1(C2CC2)CN(Cc2ccco2)C1. The summed E-state index contributed by atoms with van der Waals surface area (Å²) < 4.78 is 5.26. The Kier molecular flexibility index (Phi) is 1.73. The molecule has 0 unspecified atom stereocenters. The standard InChI is InChI=1S/C11H15NO2/c13-11(9-3-4-9)7-12(8-11)6-10-2-1-5-14-10/h1-2,5,9,13H,3-4,6-8H2. The Bertz CT molecular complexity index is 310. The topological polar surface area (TPSA) is 36.6 Å². The van der Waals surface area contributed by atoms with Gasteiger partial charge in [0.15, 0.2) is 0 Å². The first-order valence-corrected chi connectivity index (χ1v) is 5.23. The van der Waals surface area contributed by atoms with Gasteiger partial charge in [-0.15, -0.1) is 0 Å². The van der Waals surface area contributed by atoms with Crippen LogP contribution in [0.4, 0.5) is 0 Å². The smallest absolute Gasteiger partial charge is 0.117 e. The summed E-state index contributed by atoms with van der Waals surface area (Å²) in [6.07, 6.45) is 4.12. The van der Waals surface area contributed by atoms with Crippen molar-refractivity contribution in [1.29, 1.82) is 0 Å². The van der Waals surface area contributed by atoms with Gasteiger partial charge < -0.3 is 9.52 Å². The molecule has 1 saturated heterocycles. The first-order valence-electron chi connectivity index (χ1n) is 5.23. The van der Waals surface area contributed by atoms with E-state index in [0.717, 1.165) is 25.4 Å². The average Bonchev–Trinajstić information content (AvgIpc) is 2.84. The van der Waals surface area contributed by atoms with Gasteiger partial charge in [-0.25, -0.2) is 0 Å². The van der Waals surface area contributed by atoms with Gasteiger partial charge in [0.2, 0.25) is 0 Å². The number of hydrogen-bond acceptors (Lipinski definition) is 3. The van der Waals surface area contributed by atoms with E-state index in [1.165, 1.54) is 12.8 Å². The lowest BCUT2D eigenvalue weighted by molar-refractivity contribution is -0.118. The molecule has 2 aliphatic rings. The molecule has 0 atom stereocenters. The van der Waals surface area contributed by atoms with Crippen LogP contribution in [0, 0.1) is 5.92 Å². The van der Waals surface area contributed by atoms with Gasteiger partial charge in [0, 0.05) is 13.1 Å². The summed E-state index contributed by atoms with van der Waals surface area (Å²) >= 11 is 0. The third-order valence-corrected chi connectivity index (χ3v) is 3.29. The lowest BCUT2D eigenvalue weighted by Crippen LogP contribution is -2.62. The van der Waals surface area contributed by atoms with E-state index in [1.807, 2.05) is 12.1 Å². The second kappa shape index (κ2) is 2.84. The highest BCUT2D eigenvalue weighted by molar-refractivity contribution is 5.07. The number of aliphatic hydroxyl groups is 1. The van der Waals surface area contributed by atoms with Crippen LogP contribution in [0.1, 0.15) is 18.6 Å². The van der Waals surface area contributed by atoms with E-state index in [0.29, 0.717) is 5.92 Å². The van der Waals surface area contributed by atoms with Gasteiger partial charge in [0.1, 0.15) is 5.76 Å². The third kappa shape index (κ3) is 1.37. The van der Waals surface area contributed by atoms with Crippen LogP contribution >= 0.6 is 0 Å². The highest BCUT2D eigenvalue weighted by atomic mass is 16.3. The van der Waals surface area contributed by atoms with Crippen molar-refractivity contribution in [3.05, 3.63) is 24.2 Å². The highest BCUT2D eigenvalue weighted by Crippen LogP contribution is 2.44. The number of β-amino-alcohol motifs (C(OH)–C–C–N with tert-alkyl or cyclic N) is 1. The summed E-state index contributed by atoms with van der Waals surface area (Å²) in [6.45, 7) is 2.47. The van der Waals surface area contributed by atoms with Gasteiger partial charge in [-0.2, -0.15) is 0 Å². The first-order chi connectivity index (χ1) is 6.76. The van der Waals surface area contributed by atoms with E-state index in [2.05, 4.69) is 4.90 Å². The molecule has 0 aromatic carbocycles.